The van der Waals surface area contributed by atoms with Crippen molar-refractivity contribution in [2.45, 2.75) is 19.8 Å². The lowest BCUT2D eigenvalue weighted by atomic mass is 10.2. The summed E-state index contributed by atoms with van der Waals surface area (Å²) in [4.78, 5) is 22.4. The van der Waals surface area contributed by atoms with Gasteiger partial charge in [0.05, 0.1) is 0 Å². The highest BCUT2D eigenvalue weighted by Crippen LogP contribution is 2.14. The summed E-state index contributed by atoms with van der Waals surface area (Å²) in [5, 5.41) is 0. The fourth-order valence-corrected chi connectivity index (χ4v) is 1.72. The molecule has 1 aromatic carbocycles. The zero-order valence-electron chi connectivity index (χ0n) is 11.9. The summed E-state index contributed by atoms with van der Waals surface area (Å²) in [6, 6.07) is 9.55. The molecule has 1 aromatic rings. The van der Waals surface area contributed by atoms with Crippen LogP contribution < -0.4 is 0 Å². The third-order valence-electron chi connectivity index (χ3n) is 2.83. The van der Waals surface area contributed by atoms with E-state index in [2.05, 4.69) is 4.74 Å². The van der Waals surface area contributed by atoms with E-state index < -0.39 is 0 Å². The molecular formula is C15H19NO4. The van der Waals surface area contributed by atoms with Crippen LogP contribution in [-0.4, -0.2) is 37.7 Å². The summed E-state index contributed by atoms with van der Waals surface area (Å²) in [5.41, 5.74) is 1.77. The largest absolute Gasteiger partial charge is 0.463 e. The number of amides is 1. The van der Waals surface area contributed by atoms with E-state index in [1.54, 1.807) is 26.0 Å². The molecule has 0 N–H and O–H groups in total. The van der Waals surface area contributed by atoms with E-state index in [0.29, 0.717) is 13.1 Å². The second-order valence-corrected chi connectivity index (χ2v) is 4.28. The van der Waals surface area contributed by atoms with Crippen LogP contribution in [0.5, 0.6) is 0 Å². The second kappa shape index (κ2) is 8.12. The smallest absolute Gasteiger partial charge is 0.293 e. The molecule has 0 spiro atoms. The summed E-state index contributed by atoms with van der Waals surface area (Å²) in [6.07, 6.45) is 1.65. The lowest BCUT2D eigenvalue weighted by Crippen LogP contribution is -2.31. The number of carbonyl (C=O) groups is 2. The normalized spacial score (nSPS) is 17.1. The standard InChI is InChI=1S/C8H8O2.C7H11NO2/c9-7-10-6-8-4-2-1-3-5-8;1-5-4-6(10-3)8(2)7(5)9/h1-5,7H,6H2;4,6H,1-3H3. The molecule has 108 valence electrons. The van der Waals surface area contributed by atoms with Gasteiger partial charge >= 0.3 is 0 Å². The Bertz CT molecular complexity index is 470. The molecule has 2 rings (SSSR count). The molecule has 1 unspecified atom stereocenters. The summed E-state index contributed by atoms with van der Waals surface area (Å²) in [5.74, 6) is 0.0480. The SMILES string of the molecule is COC1C=C(C)C(=O)N1C.O=COCc1ccccc1. The minimum atomic E-state index is -0.160. The third-order valence-corrected chi connectivity index (χ3v) is 2.83. The number of hydrogen-bond donors (Lipinski definition) is 0. The molecule has 20 heavy (non-hydrogen) atoms. The van der Waals surface area contributed by atoms with E-state index in [9.17, 15) is 9.59 Å². The molecule has 0 fully saturated rings. The Hall–Kier alpha value is -2.14. The van der Waals surface area contributed by atoms with Gasteiger partial charge in [0.2, 0.25) is 0 Å². The van der Waals surface area contributed by atoms with Crippen LogP contribution in [0.4, 0.5) is 0 Å². The minimum Gasteiger partial charge on any atom is -0.463 e. The van der Waals surface area contributed by atoms with Crippen LogP contribution in [0.3, 0.4) is 0 Å². The van der Waals surface area contributed by atoms with E-state index in [-0.39, 0.29) is 12.1 Å². The van der Waals surface area contributed by atoms with Crippen molar-refractivity contribution >= 4 is 12.4 Å². The monoisotopic (exact) mass is 277 g/mol. The number of hydrogen-bond acceptors (Lipinski definition) is 4. The zero-order valence-corrected chi connectivity index (χ0v) is 11.9. The van der Waals surface area contributed by atoms with Crippen LogP contribution in [0.1, 0.15) is 12.5 Å². The Kier molecular flexibility index (Phi) is 6.46. The van der Waals surface area contributed by atoms with Crippen molar-refractivity contribution in [1.29, 1.82) is 0 Å². The van der Waals surface area contributed by atoms with Crippen molar-refractivity contribution in [3.05, 3.63) is 47.5 Å². The van der Waals surface area contributed by atoms with Crippen LogP contribution in [0, 0.1) is 0 Å². The highest BCUT2D eigenvalue weighted by atomic mass is 16.5. The summed E-state index contributed by atoms with van der Waals surface area (Å²) in [7, 11) is 3.31. The van der Waals surface area contributed by atoms with Gasteiger partial charge in [0.15, 0.2) is 6.23 Å². The maximum absolute atomic E-state index is 11.1. The van der Waals surface area contributed by atoms with Gasteiger partial charge in [-0.25, -0.2) is 0 Å². The van der Waals surface area contributed by atoms with Crippen molar-refractivity contribution in [3.63, 3.8) is 0 Å². The molecule has 5 nitrogen and oxygen atoms in total. The van der Waals surface area contributed by atoms with Crippen LogP contribution in [0.15, 0.2) is 42.0 Å². The molecular weight excluding hydrogens is 258 g/mol. The lowest BCUT2D eigenvalue weighted by Gasteiger charge is -2.16. The average Bonchev–Trinajstić information content (AvgIpc) is 2.74. The molecule has 5 heteroatoms. The molecule has 0 bridgehead atoms. The van der Waals surface area contributed by atoms with Gasteiger partial charge in [-0.3, -0.25) is 9.59 Å². The minimum absolute atomic E-state index is 0.0480. The molecule has 1 aliphatic heterocycles. The molecule has 0 saturated carbocycles. The van der Waals surface area contributed by atoms with Gasteiger partial charge in [-0.1, -0.05) is 30.3 Å². The highest BCUT2D eigenvalue weighted by Gasteiger charge is 2.25. The van der Waals surface area contributed by atoms with Gasteiger partial charge in [0.1, 0.15) is 6.61 Å². The molecule has 1 aliphatic rings. The Morgan fingerprint density at radius 1 is 1.30 bits per heavy atom. The van der Waals surface area contributed by atoms with Crippen LogP contribution in [0.25, 0.3) is 0 Å². The maximum Gasteiger partial charge on any atom is 0.293 e. The van der Waals surface area contributed by atoms with E-state index >= 15 is 0 Å². The predicted octanol–water partition coefficient (Wildman–Crippen LogP) is 1.74. The number of carbonyl (C=O) groups excluding carboxylic acids is 2. The van der Waals surface area contributed by atoms with E-state index in [0.717, 1.165) is 11.1 Å². The third kappa shape index (κ3) is 4.51. The Morgan fingerprint density at radius 2 is 1.95 bits per heavy atom. The first-order valence-electron chi connectivity index (χ1n) is 6.17. The molecule has 0 saturated heterocycles. The van der Waals surface area contributed by atoms with E-state index in [1.165, 1.54) is 0 Å². The van der Waals surface area contributed by atoms with Gasteiger partial charge in [-0.05, 0) is 18.6 Å². The average molecular weight is 277 g/mol. The van der Waals surface area contributed by atoms with Crippen molar-refractivity contribution in [2.75, 3.05) is 14.2 Å². The number of methoxy groups -OCH3 is 1. The van der Waals surface area contributed by atoms with Crippen molar-refractivity contribution < 1.29 is 19.1 Å². The van der Waals surface area contributed by atoms with E-state index in [4.69, 9.17) is 4.74 Å². The summed E-state index contributed by atoms with van der Waals surface area (Å²) in [6.45, 7) is 2.61. The zero-order chi connectivity index (χ0) is 15.0. The topological polar surface area (TPSA) is 55.8 Å². The first-order chi connectivity index (χ1) is 9.60. The molecule has 1 amide bonds. The fraction of sp³-hybridized carbons (Fsp3) is 0.333. The van der Waals surface area contributed by atoms with Crippen LogP contribution in [-0.2, 0) is 25.7 Å². The van der Waals surface area contributed by atoms with Crippen molar-refractivity contribution in [3.8, 4) is 0 Å². The highest BCUT2D eigenvalue weighted by molar-refractivity contribution is 5.95. The number of likely N-dealkylation sites (N-methyl/N-ethyl adjacent to an activating group) is 1. The Balaban J connectivity index is 0.000000200. The summed E-state index contributed by atoms with van der Waals surface area (Å²) < 4.78 is 9.53. The maximum atomic E-state index is 11.1. The van der Waals surface area contributed by atoms with Crippen LogP contribution >= 0.6 is 0 Å². The predicted molar refractivity (Wildman–Crippen MR) is 74.6 cm³/mol. The molecule has 0 aliphatic carbocycles. The summed E-state index contributed by atoms with van der Waals surface area (Å²) >= 11 is 0. The number of nitrogens with zero attached hydrogens (tertiary/aromatic N) is 1. The second-order valence-electron chi connectivity index (χ2n) is 4.28. The Morgan fingerprint density at radius 3 is 2.35 bits per heavy atom. The van der Waals surface area contributed by atoms with Gasteiger partial charge < -0.3 is 14.4 Å². The Labute approximate surface area is 118 Å². The lowest BCUT2D eigenvalue weighted by molar-refractivity contribution is -0.131. The first-order valence-corrected chi connectivity index (χ1v) is 6.17. The quantitative estimate of drug-likeness (QED) is 0.787. The first kappa shape index (κ1) is 15.9. The van der Waals surface area contributed by atoms with Gasteiger partial charge in [-0.2, -0.15) is 0 Å². The number of benzene rings is 1. The van der Waals surface area contributed by atoms with Gasteiger partial charge in [-0.15, -0.1) is 0 Å². The number of rotatable bonds is 4. The van der Waals surface area contributed by atoms with Crippen LogP contribution in [0.2, 0.25) is 0 Å². The fourth-order valence-electron chi connectivity index (χ4n) is 1.72. The van der Waals surface area contributed by atoms with Crippen molar-refractivity contribution in [2.24, 2.45) is 0 Å². The van der Waals surface area contributed by atoms with Gasteiger partial charge in [0.25, 0.3) is 12.4 Å². The molecule has 1 atom stereocenters. The number of ether oxygens (including phenoxy) is 2. The van der Waals surface area contributed by atoms with E-state index in [1.807, 2.05) is 36.4 Å². The molecule has 0 aromatic heterocycles. The van der Waals surface area contributed by atoms with Crippen molar-refractivity contribution in [1.82, 2.24) is 4.90 Å². The molecule has 1 heterocycles. The molecule has 0 radical (unpaired) electrons. The van der Waals surface area contributed by atoms with Gasteiger partial charge in [0, 0.05) is 19.7 Å².